The van der Waals surface area contributed by atoms with Gasteiger partial charge in [0.1, 0.15) is 17.6 Å². The van der Waals surface area contributed by atoms with Gasteiger partial charge in [0.15, 0.2) is 17.3 Å². The standard InChI is InChI=1S/C13H15N7O2/c1-8-5-9(19-22-8)18-10(21)3-4-20-7-17-13-11(20)12(14-2)15-6-16-13/h5-7H,3-4H2,1-2H3,(H,14,15,16)(H,18,19,21). The third kappa shape index (κ3) is 2.73. The summed E-state index contributed by atoms with van der Waals surface area (Å²) in [7, 11) is 1.78. The van der Waals surface area contributed by atoms with E-state index in [-0.39, 0.29) is 12.3 Å². The number of imidazole rings is 1. The molecule has 0 aliphatic heterocycles. The highest BCUT2D eigenvalue weighted by molar-refractivity contribution is 5.90. The Morgan fingerprint density at radius 2 is 2.23 bits per heavy atom. The van der Waals surface area contributed by atoms with Crippen molar-refractivity contribution < 1.29 is 9.32 Å². The topological polar surface area (TPSA) is 111 Å². The van der Waals surface area contributed by atoms with Gasteiger partial charge in [0.05, 0.1) is 6.33 Å². The first-order valence-corrected chi connectivity index (χ1v) is 6.74. The molecule has 1 amide bonds. The summed E-state index contributed by atoms with van der Waals surface area (Å²) < 4.78 is 6.74. The van der Waals surface area contributed by atoms with E-state index in [1.165, 1.54) is 6.33 Å². The van der Waals surface area contributed by atoms with Crippen LogP contribution in [-0.2, 0) is 11.3 Å². The number of rotatable bonds is 5. The largest absolute Gasteiger partial charge is 0.371 e. The van der Waals surface area contributed by atoms with Crippen LogP contribution in [-0.4, -0.2) is 37.6 Å². The Hall–Kier alpha value is -2.97. The van der Waals surface area contributed by atoms with E-state index in [9.17, 15) is 4.79 Å². The van der Waals surface area contributed by atoms with E-state index in [2.05, 4.69) is 30.7 Å². The van der Waals surface area contributed by atoms with E-state index in [0.29, 0.717) is 29.6 Å². The lowest BCUT2D eigenvalue weighted by Gasteiger charge is -2.06. The van der Waals surface area contributed by atoms with Crippen molar-refractivity contribution in [3.63, 3.8) is 0 Å². The number of carbonyl (C=O) groups is 1. The van der Waals surface area contributed by atoms with Crippen LogP contribution in [0.2, 0.25) is 0 Å². The molecular formula is C13H15N7O2. The van der Waals surface area contributed by atoms with Crippen LogP contribution in [0.5, 0.6) is 0 Å². The fourth-order valence-corrected chi connectivity index (χ4v) is 2.12. The second kappa shape index (κ2) is 5.80. The fraction of sp³-hybridized carbons (Fsp3) is 0.308. The van der Waals surface area contributed by atoms with Crippen LogP contribution in [0.25, 0.3) is 11.2 Å². The number of aromatic nitrogens is 5. The number of nitrogens with zero attached hydrogens (tertiary/aromatic N) is 5. The Morgan fingerprint density at radius 3 is 2.95 bits per heavy atom. The summed E-state index contributed by atoms with van der Waals surface area (Å²) in [6.07, 6.45) is 3.37. The third-order valence-electron chi connectivity index (χ3n) is 3.12. The van der Waals surface area contributed by atoms with E-state index in [0.717, 1.165) is 5.52 Å². The summed E-state index contributed by atoms with van der Waals surface area (Å²) >= 11 is 0. The third-order valence-corrected chi connectivity index (χ3v) is 3.12. The van der Waals surface area contributed by atoms with Gasteiger partial charge in [-0.15, -0.1) is 0 Å². The minimum absolute atomic E-state index is 0.155. The average Bonchev–Trinajstić information content (AvgIpc) is 3.11. The van der Waals surface area contributed by atoms with Gasteiger partial charge >= 0.3 is 0 Å². The minimum atomic E-state index is -0.155. The van der Waals surface area contributed by atoms with Crippen LogP contribution < -0.4 is 10.6 Å². The Kier molecular flexibility index (Phi) is 3.69. The van der Waals surface area contributed by atoms with Crippen molar-refractivity contribution in [2.45, 2.75) is 19.9 Å². The first-order valence-electron chi connectivity index (χ1n) is 6.74. The lowest BCUT2D eigenvalue weighted by Crippen LogP contribution is -2.14. The Labute approximate surface area is 125 Å². The second-order valence-corrected chi connectivity index (χ2v) is 4.70. The maximum atomic E-state index is 11.9. The zero-order chi connectivity index (χ0) is 15.5. The number of fused-ring (bicyclic) bond motifs is 1. The van der Waals surface area contributed by atoms with Crippen molar-refractivity contribution in [1.29, 1.82) is 0 Å². The van der Waals surface area contributed by atoms with E-state index in [1.54, 1.807) is 26.4 Å². The molecule has 3 aromatic rings. The van der Waals surface area contributed by atoms with E-state index < -0.39 is 0 Å². The molecule has 114 valence electrons. The molecular weight excluding hydrogens is 286 g/mol. The SMILES string of the molecule is CNc1ncnc2ncn(CCC(=O)Nc3cc(C)on3)c12. The Bertz CT molecular complexity index is 808. The molecule has 0 atom stereocenters. The molecule has 0 saturated carbocycles. The van der Waals surface area contributed by atoms with Crippen molar-refractivity contribution in [3.05, 3.63) is 24.5 Å². The molecule has 3 rings (SSSR count). The molecule has 2 N–H and O–H groups in total. The predicted octanol–water partition coefficient (Wildman–Crippen LogP) is 1.19. The van der Waals surface area contributed by atoms with Gasteiger partial charge in [-0.1, -0.05) is 5.16 Å². The van der Waals surface area contributed by atoms with Gasteiger partial charge in [0, 0.05) is 26.1 Å². The van der Waals surface area contributed by atoms with Gasteiger partial charge in [-0.25, -0.2) is 15.0 Å². The molecule has 9 heteroatoms. The summed E-state index contributed by atoms with van der Waals surface area (Å²) in [6.45, 7) is 2.22. The molecule has 0 aliphatic rings. The van der Waals surface area contributed by atoms with Gasteiger partial charge < -0.3 is 19.7 Å². The van der Waals surface area contributed by atoms with Crippen LogP contribution >= 0.6 is 0 Å². The number of amides is 1. The molecule has 0 aliphatic carbocycles. The number of aryl methyl sites for hydroxylation is 2. The van der Waals surface area contributed by atoms with Gasteiger partial charge in [0.2, 0.25) is 5.91 Å². The lowest BCUT2D eigenvalue weighted by atomic mass is 10.3. The molecule has 22 heavy (non-hydrogen) atoms. The van der Waals surface area contributed by atoms with Gasteiger partial charge in [-0.3, -0.25) is 4.79 Å². The average molecular weight is 301 g/mol. The van der Waals surface area contributed by atoms with Crippen molar-refractivity contribution in [2.24, 2.45) is 0 Å². The minimum Gasteiger partial charge on any atom is -0.371 e. The maximum Gasteiger partial charge on any atom is 0.227 e. The maximum absolute atomic E-state index is 11.9. The van der Waals surface area contributed by atoms with Crippen molar-refractivity contribution in [2.75, 3.05) is 17.7 Å². The first-order chi connectivity index (χ1) is 10.7. The van der Waals surface area contributed by atoms with Gasteiger partial charge in [0.25, 0.3) is 0 Å². The molecule has 0 fully saturated rings. The zero-order valence-corrected chi connectivity index (χ0v) is 12.2. The molecule has 3 heterocycles. The summed E-state index contributed by atoms with van der Waals surface area (Å²) in [4.78, 5) is 24.4. The Morgan fingerprint density at radius 1 is 1.36 bits per heavy atom. The van der Waals surface area contributed by atoms with Crippen LogP contribution in [0.1, 0.15) is 12.2 Å². The van der Waals surface area contributed by atoms with E-state index >= 15 is 0 Å². The quantitative estimate of drug-likeness (QED) is 0.728. The highest BCUT2D eigenvalue weighted by Crippen LogP contribution is 2.18. The molecule has 0 spiro atoms. The van der Waals surface area contributed by atoms with E-state index in [4.69, 9.17) is 4.52 Å². The van der Waals surface area contributed by atoms with Crippen LogP contribution in [0.4, 0.5) is 11.6 Å². The van der Waals surface area contributed by atoms with Crippen LogP contribution in [0.3, 0.4) is 0 Å². The highest BCUT2D eigenvalue weighted by Gasteiger charge is 2.11. The van der Waals surface area contributed by atoms with E-state index in [1.807, 2.05) is 4.57 Å². The lowest BCUT2D eigenvalue weighted by molar-refractivity contribution is -0.116. The fourth-order valence-electron chi connectivity index (χ4n) is 2.12. The molecule has 0 saturated heterocycles. The van der Waals surface area contributed by atoms with Crippen molar-refractivity contribution in [1.82, 2.24) is 24.7 Å². The monoisotopic (exact) mass is 301 g/mol. The highest BCUT2D eigenvalue weighted by atomic mass is 16.5. The summed E-state index contributed by atoms with van der Waals surface area (Å²) in [5.74, 6) is 1.58. The normalized spacial score (nSPS) is 10.8. The molecule has 9 nitrogen and oxygen atoms in total. The van der Waals surface area contributed by atoms with Crippen molar-refractivity contribution in [3.8, 4) is 0 Å². The molecule has 0 radical (unpaired) electrons. The summed E-state index contributed by atoms with van der Waals surface area (Å²) in [5.41, 5.74) is 1.36. The number of hydrogen-bond donors (Lipinski definition) is 2. The van der Waals surface area contributed by atoms with Crippen molar-refractivity contribution >= 4 is 28.7 Å². The molecule has 3 aromatic heterocycles. The second-order valence-electron chi connectivity index (χ2n) is 4.70. The number of carbonyl (C=O) groups excluding carboxylic acids is 1. The smallest absolute Gasteiger partial charge is 0.227 e. The number of hydrogen-bond acceptors (Lipinski definition) is 7. The summed E-state index contributed by atoms with van der Waals surface area (Å²) in [6, 6.07) is 1.66. The first kappa shape index (κ1) is 14.0. The predicted molar refractivity (Wildman–Crippen MR) is 79.4 cm³/mol. The van der Waals surface area contributed by atoms with Gasteiger partial charge in [-0.05, 0) is 6.92 Å². The Balaban J connectivity index is 1.70. The number of anilines is 2. The number of nitrogens with one attached hydrogen (secondary N) is 2. The summed E-state index contributed by atoms with van der Waals surface area (Å²) in [5, 5.41) is 9.39. The molecule has 0 unspecified atom stereocenters. The zero-order valence-electron chi connectivity index (χ0n) is 12.2. The molecule has 0 bridgehead atoms. The van der Waals surface area contributed by atoms with Gasteiger partial charge in [-0.2, -0.15) is 0 Å². The van der Waals surface area contributed by atoms with Crippen LogP contribution in [0, 0.1) is 6.92 Å². The van der Waals surface area contributed by atoms with Crippen LogP contribution in [0.15, 0.2) is 23.2 Å². The molecule has 0 aromatic carbocycles.